The monoisotopic (exact) mass is 344 g/mol. The summed E-state index contributed by atoms with van der Waals surface area (Å²) >= 11 is 0. The first-order valence-corrected chi connectivity index (χ1v) is 9.28. The highest BCUT2D eigenvalue weighted by atomic mass is 16.2. The fourth-order valence-electron chi connectivity index (χ4n) is 3.17. The zero-order valence-corrected chi connectivity index (χ0v) is 15.0. The van der Waals surface area contributed by atoms with E-state index in [0.717, 1.165) is 38.5 Å². The molecule has 0 spiro atoms. The van der Waals surface area contributed by atoms with Crippen LogP contribution in [0.3, 0.4) is 0 Å². The van der Waals surface area contributed by atoms with Crippen molar-refractivity contribution < 1.29 is 14.4 Å². The Morgan fingerprint density at radius 1 is 1.20 bits per heavy atom. The van der Waals surface area contributed by atoms with Crippen LogP contribution >= 0.6 is 0 Å². The second kappa shape index (κ2) is 9.97. The van der Waals surface area contributed by atoms with Gasteiger partial charge in [-0.25, -0.2) is 0 Å². The van der Waals surface area contributed by atoms with Crippen molar-refractivity contribution >= 4 is 18.1 Å². The Morgan fingerprint density at radius 3 is 2.64 bits per heavy atom. The molecule has 136 valence electrons. The molecule has 1 aromatic carbocycles. The number of nitrogens with zero attached hydrogens (tertiary/aromatic N) is 1. The van der Waals surface area contributed by atoms with Crippen LogP contribution in [0.1, 0.15) is 66.2 Å². The minimum atomic E-state index is -0.127. The van der Waals surface area contributed by atoms with Crippen molar-refractivity contribution in [2.24, 2.45) is 5.92 Å². The van der Waals surface area contributed by atoms with Crippen molar-refractivity contribution in [3.63, 3.8) is 0 Å². The van der Waals surface area contributed by atoms with Gasteiger partial charge in [0.2, 0.25) is 5.91 Å². The Balaban J connectivity index is 1.85. The zero-order chi connectivity index (χ0) is 18.1. The van der Waals surface area contributed by atoms with Gasteiger partial charge in [-0.3, -0.25) is 14.4 Å². The number of hydrogen-bond donors (Lipinski definition) is 1. The molecule has 1 aliphatic heterocycles. The molecule has 0 saturated carbocycles. The summed E-state index contributed by atoms with van der Waals surface area (Å²) < 4.78 is 0. The summed E-state index contributed by atoms with van der Waals surface area (Å²) in [6.07, 6.45) is 6.96. The number of amides is 2. The second-order valence-corrected chi connectivity index (χ2v) is 6.68. The average molecular weight is 344 g/mol. The lowest BCUT2D eigenvalue weighted by Crippen LogP contribution is -2.45. The molecule has 0 aromatic heterocycles. The number of piperidine rings is 1. The fraction of sp³-hybridized carbons (Fsp3) is 0.550. The van der Waals surface area contributed by atoms with E-state index in [1.165, 1.54) is 12.8 Å². The predicted molar refractivity (Wildman–Crippen MR) is 97.6 cm³/mol. The average Bonchev–Trinajstić information content (AvgIpc) is 2.67. The highest BCUT2D eigenvalue weighted by Gasteiger charge is 2.28. The molecular formula is C20H28N2O3. The third-order valence-electron chi connectivity index (χ3n) is 4.70. The van der Waals surface area contributed by atoms with Crippen LogP contribution in [-0.4, -0.2) is 42.6 Å². The maximum atomic E-state index is 12.6. The molecule has 1 heterocycles. The third kappa shape index (κ3) is 5.69. The van der Waals surface area contributed by atoms with Gasteiger partial charge >= 0.3 is 0 Å². The molecule has 2 rings (SSSR count). The van der Waals surface area contributed by atoms with Gasteiger partial charge in [0, 0.05) is 30.8 Å². The summed E-state index contributed by atoms with van der Waals surface area (Å²) in [6, 6.07) is 6.63. The van der Waals surface area contributed by atoms with E-state index in [1.807, 2.05) is 0 Å². The number of carbonyl (C=O) groups excluding carboxylic acids is 3. The lowest BCUT2D eigenvalue weighted by molar-refractivity contribution is -0.126. The summed E-state index contributed by atoms with van der Waals surface area (Å²) in [7, 11) is 0. The van der Waals surface area contributed by atoms with Gasteiger partial charge in [0.15, 0.2) is 0 Å². The molecule has 0 bridgehead atoms. The van der Waals surface area contributed by atoms with E-state index >= 15 is 0 Å². The minimum Gasteiger partial charge on any atom is -0.356 e. The maximum absolute atomic E-state index is 12.6. The van der Waals surface area contributed by atoms with Gasteiger partial charge in [0.05, 0.1) is 5.92 Å². The molecule has 2 amide bonds. The number of aldehydes is 1. The predicted octanol–water partition coefficient (Wildman–Crippen LogP) is 3.05. The van der Waals surface area contributed by atoms with Crippen molar-refractivity contribution in [2.45, 2.75) is 45.4 Å². The quantitative estimate of drug-likeness (QED) is 0.582. The van der Waals surface area contributed by atoms with E-state index < -0.39 is 0 Å². The van der Waals surface area contributed by atoms with E-state index in [-0.39, 0.29) is 17.7 Å². The van der Waals surface area contributed by atoms with Crippen LogP contribution in [0.2, 0.25) is 0 Å². The number of likely N-dealkylation sites (tertiary alicyclic amines) is 1. The summed E-state index contributed by atoms with van der Waals surface area (Å²) in [5.74, 6) is -0.138. The van der Waals surface area contributed by atoms with E-state index in [9.17, 15) is 14.4 Å². The highest BCUT2D eigenvalue weighted by molar-refractivity contribution is 5.95. The van der Waals surface area contributed by atoms with E-state index in [1.54, 1.807) is 29.2 Å². The van der Waals surface area contributed by atoms with Crippen molar-refractivity contribution in [2.75, 3.05) is 19.6 Å². The van der Waals surface area contributed by atoms with Gasteiger partial charge in [0.25, 0.3) is 5.91 Å². The van der Waals surface area contributed by atoms with Crippen LogP contribution in [0, 0.1) is 5.92 Å². The summed E-state index contributed by atoms with van der Waals surface area (Å²) in [5, 5.41) is 3.01. The van der Waals surface area contributed by atoms with Gasteiger partial charge in [0.1, 0.15) is 6.29 Å². The molecular weight excluding hydrogens is 316 g/mol. The van der Waals surface area contributed by atoms with Crippen LogP contribution in [-0.2, 0) is 4.79 Å². The van der Waals surface area contributed by atoms with Crippen LogP contribution in [0.5, 0.6) is 0 Å². The van der Waals surface area contributed by atoms with Crippen LogP contribution < -0.4 is 5.32 Å². The summed E-state index contributed by atoms with van der Waals surface area (Å²) in [6.45, 7) is 4.03. The smallest absolute Gasteiger partial charge is 0.253 e. The van der Waals surface area contributed by atoms with E-state index in [2.05, 4.69) is 12.2 Å². The minimum absolute atomic E-state index is 0.0605. The molecule has 0 aliphatic carbocycles. The van der Waals surface area contributed by atoms with Crippen molar-refractivity contribution in [1.29, 1.82) is 0 Å². The van der Waals surface area contributed by atoms with E-state index in [4.69, 9.17) is 0 Å². The molecule has 1 aliphatic rings. The topological polar surface area (TPSA) is 66.5 Å². The van der Waals surface area contributed by atoms with Gasteiger partial charge in [-0.05, 0) is 31.4 Å². The first-order chi connectivity index (χ1) is 12.2. The third-order valence-corrected chi connectivity index (χ3v) is 4.70. The number of hydrogen-bond acceptors (Lipinski definition) is 3. The molecule has 5 heteroatoms. The number of benzene rings is 1. The number of nitrogens with one attached hydrogen (secondary N) is 1. The lowest BCUT2D eigenvalue weighted by atomic mass is 9.96. The fourth-order valence-corrected chi connectivity index (χ4v) is 3.17. The Hall–Kier alpha value is -2.17. The van der Waals surface area contributed by atoms with Gasteiger partial charge in [-0.1, -0.05) is 38.3 Å². The summed E-state index contributed by atoms with van der Waals surface area (Å²) in [4.78, 5) is 37.4. The normalized spacial score (nSPS) is 17.2. The molecule has 25 heavy (non-hydrogen) atoms. The van der Waals surface area contributed by atoms with Crippen molar-refractivity contribution in [3.05, 3.63) is 35.4 Å². The Bertz CT molecular complexity index is 583. The first-order valence-electron chi connectivity index (χ1n) is 9.28. The standard InChI is InChI=1S/C20H28N2O3/c1-2-3-4-5-12-21-19(24)18-7-6-13-22(14-18)20(25)17-10-8-16(15-23)9-11-17/h8-11,15,18H,2-7,12-14H2,1H3,(H,21,24). The molecule has 1 atom stereocenters. The zero-order valence-electron chi connectivity index (χ0n) is 15.0. The SMILES string of the molecule is CCCCCCNC(=O)C1CCCN(C(=O)c2ccc(C=O)cc2)C1. The number of rotatable bonds is 8. The van der Waals surface area contributed by atoms with Crippen molar-refractivity contribution in [3.8, 4) is 0 Å². The van der Waals surface area contributed by atoms with Gasteiger partial charge in [-0.2, -0.15) is 0 Å². The van der Waals surface area contributed by atoms with Crippen LogP contribution in [0.15, 0.2) is 24.3 Å². The van der Waals surface area contributed by atoms with Crippen molar-refractivity contribution in [1.82, 2.24) is 10.2 Å². The molecule has 1 aromatic rings. The van der Waals surface area contributed by atoms with Gasteiger partial charge in [-0.15, -0.1) is 0 Å². The lowest BCUT2D eigenvalue weighted by Gasteiger charge is -2.32. The second-order valence-electron chi connectivity index (χ2n) is 6.68. The Morgan fingerprint density at radius 2 is 1.96 bits per heavy atom. The molecule has 1 N–H and O–H groups in total. The maximum Gasteiger partial charge on any atom is 0.253 e. The number of carbonyl (C=O) groups is 3. The molecule has 0 radical (unpaired) electrons. The number of unbranched alkanes of at least 4 members (excludes halogenated alkanes) is 3. The first kappa shape index (κ1) is 19.2. The summed E-state index contributed by atoms with van der Waals surface area (Å²) in [5.41, 5.74) is 1.11. The Kier molecular flexibility index (Phi) is 7.64. The largest absolute Gasteiger partial charge is 0.356 e. The van der Waals surface area contributed by atoms with E-state index in [0.29, 0.717) is 24.2 Å². The molecule has 1 unspecified atom stereocenters. The molecule has 1 saturated heterocycles. The Labute approximate surface area is 149 Å². The molecule has 5 nitrogen and oxygen atoms in total. The molecule has 1 fully saturated rings. The van der Waals surface area contributed by atoms with Crippen LogP contribution in [0.4, 0.5) is 0 Å². The van der Waals surface area contributed by atoms with Crippen LogP contribution in [0.25, 0.3) is 0 Å². The highest BCUT2D eigenvalue weighted by Crippen LogP contribution is 2.19. The van der Waals surface area contributed by atoms with Gasteiger partial charge < -0.3 is 10.2 Å².